The van der Waals surface area contributed by atoms with Crippen molar-refractivity contribution in [3.05, 3.63) is 36.0 Å². The van der Waals surface area contributed by atoms with Crippen molar-refractivity contribution in [2.24, 2.45) is 11.8 Å². The molecule has 12 nitrogen and oxygen atoms in total. The maximum absolute atomic E-state index is 13.4. The fourth-order valence-electron chi connectivity index (χ4n) is 7.19. The topological polar surface area (TPSA) is 167 Å². The van der Waals surface area contributed by atoms with Gasteiger partial charge in [0.25, 0.3) is 0 Å². The van der Waals surface area contributed by atoms with E-state index < -0.39 is 59.6 Å². The lowest BCUT2D eigenvalue weighted by Gasteiger charge is -2.37. The van der Waals surface area contributed by atoms with Crippen LogP contribution >= 0.6 is 0 Å². The Bertz CT molecular complexity index is 1250. The van der Waals surface area contributed by atoms with Gasteiger partial charge in [0.1, 0.15) is 11.7 Å². The molecule has 0 aliphatic carbocycles. The Morgan fingerprint density at radius 1 is 1.29 bits per heavy atom. The molecule has 3 saturated heterocycles. The standard InChI is InChI=1S/C36H56N2O10/c1-8-28(41)23(4)33-29(45-33)18-35(6,44)14-9-10-21(2)32-22(3)11-12-30(46-34(43)38-20-25-16-26(38)19-37-25)36(7,48-24(5)39)15-13-27(40)17-31(42)47-32/h9-12,14,22-23,25-30,32-33,37,40-41,44H,8,13,15-20H2,1-7H3/b12-11+,14-9+,21-10+/t22-,23+,25-,26-,27+,28-,29+,30-,32+,33+,35?,36+/m0/s1. The fourth-order valence-corrected chi connectivity index (χ4v) is 7.19. The fraction of sp³-hybridized carbons (Fsp3) is 0.750. The normalized spacial score (nSPS) is 37.5. The number of allylic oxidation sites excluding steroid dienone is 2. The molecule has 12 atom stereocenters. The first kappa shape index (κ1) is 38.0. The van der Waals surface area contributed by atoms with Crippen molar-refractivity contribution in [1.29, 1.82) is 0 Å². The van der Waals surface area contributed by atoms with E-state index in [0.717, 1.165) is 6.42 Å². The summed E-state index contributed by atoms with van der Waals surface area (Å²) in [6.45, 7) is 13.4. The molecule has 4 aliphatic rings. The minimum absolute atomic E-state index is 0.0200. The molecule has 270 valence electrons. The number of rotatable bonds is 10. The van der Waals surface area contributed by atoms with E-state index in [0.29, 0.717) is 31.5 Å². The largest absolute Gasteiger partial charge is 0.457 e. The lowest BCUT2D eigenvalue weighted by atomic mass is 9.88. The van der Waals surface area contributed by atoms with Crippen LogP contribution in [0.5, 0.6) is 0 Å². The molecule has 0 radical (unpaired) electrons. The van der Waals surface area contributed by atoms with E-state index in [2.05, 4.69) is 5.32 Å². The van der Waals surface area contributed by atoms with Crippen molar-refractivity contribution in [2.45, 2.75) is 147 Å². The van der Waals surface area contributed by atoms with Gasteiger partial charge in [0.05, 0.1) is 36.4 Å². The molecule has 0 spiro atoms. The molecule has 48 heavy (non-hydrogen) atoms. The second-order valence-corrected chi connectivity index (χ2v) is 14.7. The highest BCUT2D eigenvalue weighted by atomic mass is 16.6. The van der Waals surface area contributed by atoms with Crippen molar-refractivity contribution in [2.75, 3.05) is 13.1 Å². The lowest BCUT2D eigenvalue weighted by molar-refractivity contribution is -0.168. The lowest BCUT2D eigenvalue weighted by Crippen LogP contribution is -2.51. The average Bonchev–Trinajstić information content (AvgIpc) is 3.40. The third-order valence-corrected chi connectivity index (χ3v) is 10.2. The average molecular weight is 677 g/mol. The Hall–Kier alpha value is -2.77. The highest BCUT2D eigenvalue weighted by Gasteiger charge is 2.48. The van der Waals surface area contributed by atoms with Gasteiger partial charge in [-0.25, -0.2) is 4.79 Å². The van der Waals surface area contributed by atoms with Crippen LogP contribution in [0.1, 0.15) is 87.0 Å². The summed E-state index contributed by atoms with van der Waals surface area (Å²) in [7, 11) is 0. The zero-order valence-corrected chi connectivity index (χ0v) is 29.5. The number of nitrogens with one attached hydrogen (secondary N) is 1. The number of hydrogen-bond donors (Lipinski definition) is 4. The van der Waals surface area contributed by atoms with E-state index in [4.69, 9.17) is 18.9 Å². The van der Waals surface area contributed by atoms with Crippen LogP contribution in [0.15, 0.2) is 36.0 Å². The number of nitrogens with zero attached hydrogens (tertiary/aromatic N) is 1. The van der Waals surface area contributed by atoms with Crippen molar-refractivity contribution in [1.82, 2.24) is 10.2 Å². The van der Waals surface area contributed by atoms with Crippen LogP contribution in [-0.2, 0) is 28.5 Å². The maximum atomic E-state index is 13.4. The molecular formula is C36H56N2O10. The number of cyclic esters (lactones) is 1. The number of amides is 1. The second kappa shape index (κ2) is 15.8. The number of aliphatic hydroxyl groups is 3. The number of hydrogen-bond acceptors (Lipinski definition) is 11. The third-order valence-electron chi connectivity index (χ3n) is 10.2. The first-order chi connectivity index (χ1) is 22.5. The molecule has 0 aromatic heterocycles. The van der Waals surface area contributed by atoms with Gasteiger partial charge in [0, 0.05) is 50.4 Å². The quantitative estimate of drug-likeness (QED) is 0.0881. The number of likely N-dealkylation sites (tertiary alicyclic amines) is 1. The second-order valence-electron chi connectivity index (χ2n) is 14.7. The molecule has 12 heteroatoms. The summed E-state index contributed by atoms with van der Waals surface area (Å²) in [6.07, 6.45) is 6.52. The molecule has 0 aromatic carbocycles. The Balaban J connectivity index is 1.52. The number of aliphatic hydroxyl groups excluding tert-OH is 2. The molecule has 1 amide bonds. The Morgan fingerprint density at radius 2 is 2.02 bits per heavy atom. The molecular weight excluding hydrogens is 620 g/mol. The Labute approximate surface area is 284 Å². The molecule has 3 fully saturated rings. The van der Waals surface area contributed by atoms with Gasteiger partial charge < -0.3 is 44.5 Å². The summed E-state index contributed by atoms with van der Waals surface area (Å²) in [4.78, 5) is 40.3. The highest BCUT2D eigenvalue weighted by molar-refractivity contribution is 5.71. The maximum Gasteiger partial charge on any atom is 0.410 e. The minimum Gasteiger partial charge on any atom is -0.457 e. The number of carbonyl (C=O) groups is 3. The number of epoxide rings is 1. The first-order valence-electron chi connectivity index (χ1n) is 17.4. The molecule has 4 N–H and O–H groups in total. The van der Waals surface area contributed by atoms with Gasteiger partial charge in [0.15, 0.2) is 6.10 Å². The molecule has 0 aromatic rings. The van der Waals surface area contributed by atoms with Gasteiger partial charge >= 0.3 is 18.0 Å². The van der Waals surface area contributed by atoms with Crippen molar-refractivity contribution in [3.63, 3.8) is 0 Å². The summed E-state index contributed by atoms with van der Waals surface area (Å²) < 4.78 is 23.5. The van der Waals surface area contributed by atoms with Gasteiger partial charge in [0.2, 0.25) is 0 Å². The molecule has 0 saturated carbocycles. The van der Waals surface area contributed by atoms with Crippen LogP contribution in [0.25, 0.3) is 0 Å². The smallest absolute Gasteiger partial charge is 0.410 e. The summed E-state index contributed by atoms with van der Waals surface area (Å²) in [5.41, 5.74) is -1.78. The van der Waals surface area contributed by atoms with E-state index in [1.54, 1.807) is 49.1 Å². The van der Waals surface area contributed by atoms with E-state index in [1.807, 2.05) is 27.7 Å². The van der Waals surface area contributed by atoms with E-state index in [1.165, 1.54) is 6.92 Å². The Morgan fingerprint density at radius 3 is 2.65 bits per heavy atom. The van der Waals surface area contributed by atoms with Gasteiger partial charge in [-0.1, -0.05) is 45.1 Å². The zero-order chi connectivity index (χ0) is 35.4. The van der Waals surface area contributed by atoms with Crippen LogP contribution in [0.2, 0.25) is 0 Å². The van der Waals surface area contributed by atoms with E-state index in [9.17, 15) is 29.7 Å². The third kappa shape index (κ3) is 9.90. The van der Waals surface area contributed by atoms with E-state index >= 15 is 0 Å². The number of fused-ring (bicyclic) bond motifs is 2. The Kier molecular flexibility index (Phi) is 12.6. The van der Waals surface area contributed by atoms with Crippen LogP contribution < -0.4 is 5.32 Å². The number of esters is 2. The summed E-state index contributed by atoms with van der Waals surface area (Å²) in [6, 6.07) is 0.273. The predicted molar refractivity (Wildman–Crippen MR) is 178 cm³/mol. The highest BCUT2D eigenvalue weighted by Crippen LogP contribution is 2.38. The molecule has 4 heterocycles. The molecule has 4 aliphatic heterocycles. The number of ether oxygens (including phenoxy) is 4. The van der Waals surface area contributed by atoms with Gasteiger partial charge in [-0.3, -0.25) is 9.59 Å². The van der Waals surface area contributed by atoms with Crippen molar-refractivity contribution in [3.8, 4) is 0 Å². The summed E-state index contributed by atoms with van der Waals surface area (Å²) in [5, 5.41) is 35.3. The molecule has 2 bridgehead atoms. The van der Waals surface area contributed by atoms with Crippen LogP contribution in [-0.4, -0.2) is 111 Å². The molecule has 4 rings (SSSR count). The zero-order valence-electron chi connectivity index (χ0n) is 29.5. The van der Waals surface area contributed by atoms with Crippen molar-refractivity contribution >= 4 is 18.0 Å². The van der Waals surface area contributed by atoms with Crippen LogP contribution in [0.3, 0.4) is 0 Å². The van der Waals surface area contributed by atoms with Gasteiger partial charge in [-0.05, 0) is 58.1 Å². The van der Waals surface area contributed by atoms with Gasteiger partial charge in [-0.15, -0.1) is 0 Å². The van der Waals surface area contributed by atoms with Crippen LogP contribution in [0, 0.1) is 11.8 Å². The SMILES string of the molecule is CC[C@H](O)[C@@H](C)[C@H]1O[C@@H]1CC(C)(O)/C=C/C=C(\C)[C@H]1OC(=O)C[C@H](O)CC[C@@](C)(OC(C)=O)[C@@H](OC(=O)N2C[C@@H]3C[C@H]2CN3)/C=C/[C@@H]1C. The van der Waals surface area contributed by atoms with Crippen LogP contribution in [0.4, 0.5) is 4.79 Å². The summed E-state index contributed by atoms with van der Waals surface area (Å²) in [5.74, 6) is -1.56. The van der Waals surface area contributed by atoms with Gasteiger partial charge in [-0.2, -0.15) is 0 Å². The van der Waals surface area contributed by atoms with E-state index in [-0.39, 0.29) is 49.5 Å². The predicted octanol–water partition coefficient (Wildman–Crippen LogP) is 3.33. The first-order valence-corrected chi connectivity index (χ1v) is 17.4. The number of carbonyl (C=O) groups excluding carboxylic acids is 3. The summed E-state index contributed by atoms with van der Waals surface area (Å²) >= 11 is 0. The minimum atomic E-state index is -1.30. The number of piperazine rings is 1. The van der Waals surface area contributed by atoms with Crippen molar-refractivity contribution < 1.29 is 48.7 Å². The monoisotopic (exact) mass is 676 g/mol. The molecule has 1 unspecified atom stereocenters.